The molecule has 1 aromatic heterocycles. The van der Waals surface area contributed by atoms with Crippen molar-refractivity contribution in [3.63, 3.8) is 0 Å². The predicted octanol–water partition coefficient (Wildman–Crippen LogP) is 3.29. The van der Waals surface area contributed by atoms with Gasteiger partial charge in [0.05, 0.1) is 28.5 Å². The van der Waals surface area contributed by atoms with Crippen molar-refractivity contribution in [3.05, 3.63) is 90.6 Å². The molecular weight excluding hydrogens is 452 g/mol. The molecule has 34 heavy (non-hydrogen) atoms. The number of aromatic hydroxyl groups is 1. The summed E-state index contributed by atoms with van der Waals surface area (Å²) in [7, 11) is 0. The maximum Gasteiger partial charge on any atom is 0.338 e. The van der Waals surface area contributed by atoms with Crippen LogP contribution < -0.4 is 19.6 Å². The van der Waals surface area contributed by atoms with Crippen LogP contribution in [0.15, 0.2) is 69.6 Å². The lowest BCUT2D eigenvalue weighted by molar-refractivity contribution is -0.139. The maximum atomic E-state index is 13.7. The average Bonchev–Trinajstić information content (AvgIpc) is 3.09. The van der Waals surface area contributed by atoms with Crippen LogP contribution in [0.5, 0.6) is 11.5 Å². The molecule has 1 aliphatic heterocycles. The number of nitrogens with zero attached hydrogens (tertiary/aromatic N) is 2. The molecule has 176 valence electrons. The Kier molecular flexibility index (Phi) is 6.70. The molecule has 0 aliphatic carbocycles. The number of para-hydroxylation sites is 1. The van der Waals surface area contributed by atoms with Crippen LogP contribution in [0.1, 0.15) is 44.9 Å². The molecule has 0 saturated heterocycles. The van der Waals surface area contributed by atoms with Crippen molar-refractivity contribution >= 4 is 23.4 Å². The maximum absolute atomic E-state index is 13.7. The molecule has 0 saturated carbocycles. The summed E-state index contributed by atoms with van der Waals surface area (Å²) in [5.41, 5.74) is 2.00. The van der Waals surface area contributed by atoms with Crippen molar-refractivity contribution < 1.29 is 19.4 Å². The highest BCUT2D eigenvalue weighted by Crippen LogP contribution is 2.36. The van der Waals surface area contributed by atoms with Gasteiger partial charge in [-0.3, -0.25) is 9.36 Å². The van der Waals surface area contributed by atoms with Crippen molar-refractivity contribution in [2.75, 3.05) is 6.61 Å². The lowest BCUT2D eigenvalue weighted by Gasteiger charge is -2.26. The van der Waals surface area contributed by atoms with E-state index in [4.69, 9.17) is 9.47 Å². The number of hydrogen-bond acceptors (Lipinski definition) is 7. The topological polar surface area (TPSA) is 90.1 Å². The fraction of sp³-hybridized carbons (Fsp3) is 0.269. The summed E-state index contributed by atoms with van der Waals surface area (Å²) in [6.45, 7) is 7.55. The third-order valence-electron chi connectivity index (χ3n) is 5.28. The van der Waals surface area contributed by atoms with Crippen LogP contribution in [0.4, 0.5) is 0 Å². The molecule has 3 aromatic rings. The zero-order chi connectivity index (χ0) is 24.4. The molecule has 2 heterocycles. The molecule has 0 radical (unpaired) electrons. The number of carbonyl (C=O) groups is 1. The number of thiazole rings is 1. The van der Waals surface area contributed by atoms with E-state index in [2.05, 4.69) is 4.99 Å². The highest BCUT2D eigenvalue weighted by molar-refractivity contribution is 7.07. The first-order valence-corrected chi connectivity index (χ1v) is 11.9. The van der Waals surface area contributed by atoms with Gasteiger partial charge in [0.1, 0.15) is 17.5 Å². The Bertz CT molecular complexity index is 1430. The van der Waals surface area contributed by atoms with Crippen LogP contribution in [-0.2, 0) is 9.53 Å². The zero-order valence-corrected chi connectivity index (χ0v) is 20.3. The first-order chi connectivity index (χ1) is 16.3. The Labute approximate surface area is 200 Å². The molecule has 4 rings (SSSR count). The lowest BCUT2D eigenvalue weighted by Crippen LogP contribution is -2.40. The van der Waals surface area contributed by atoms with Crippen molar-refractivity contribution in [2.24, 2.45) is 4.99 Å². The number of benzene rings is 2. The second-order valence-electron chi connectivity index (χ2n) is 8.10. The lowest BCUT2D eigenvalue weighted by atomic mass is 9.95. The minimum Gasteiger partial charge on any atom is -0.508 e. The first-order valence-electron chi connectivity index (χ1n) is 11.0. The number of hydrogen-bond donors (Lipinski definition) is 1. The van der Waals surface area contributed by atoms with E-state index in [1.54, 1.807) is 48.8 Å². The van der Waals surface area contributed by atoms with Gasteiger partial charge in [-0.2, -0.15) is 0 Å². The van der Waals surface area contributed by atoms with E-state index in [1.165, 1.54) is 11.3 Å². The second-order valence-corrected chi connectivity index (χ2v) is 9.11. The Morgan fingerprint density at radius 1 is 1.21 bits per heavy atom. The molecule has 1 aliphatic rings. The van der Waals surface area contributed by atoms with Crippen LogP contribution in [0.2, 0.25) is 0 Å². The van der Waals surface area contributed by atoms with Gasteiger partial charge in [-0.05, 0) is 57.5 Å². The largest absolute Gasteiger partial charge is 0.508 e. The molecule has 1 N–H and O–H groups in total. The van der Waals surface area contributed by atoms with Crippen molar-refractivity contribution in [3.8, 4) is 11.5 Å². The number of rotatable bonds is 6. The smallest absolute Gasteiger partial charge is 0.338 e. The summed E-state index contributed by atoms with van der Waals surface area (Å²) in [5.74, 6) is 0.225. The van der Waals surface area contributed by atoms with E-state index >= 15 is 0 Å². The summed E-state index contributed by atoms with van der Waals surface area (Å²) in [6, 6.07) is 13.2. The monoisotopic (exact) mass is 478 g/mol. The molecule has 0 fully saturated rings. The summed E-state index contributed by atoms with van der Waals surface area (Å²) in [6.07, 6.45) is 1.66. The molecule has 2 aromatic carbocycles. The Morgan fingerprint density at radius 2 is 1.91 bits per heavy atom. The minimum absolute atomic E-state index is 0.0948. The summed E-state index contributed by atoms with van der Waals surface area (Å²) in [4.78, 5) is 31.8. The van der Waals surface area contributed by atoms with Gasteiger partial charge in [-0.1, -0.05) is 41.7 Å². The van der Waals surface area contributed by atoms with Gasteiger partial charge < -0.3 is 14.6 Å². The van der Waals surface area contributed by atoms with Gasteiger partial charge >= 0.3 is 5.97 Å². The van der Waals surface area contributed by atoms with Gasteiger partial charge in [0.2, 0.25) is 0 Å². The van der Waals surface area contributed by atoms with E-state index in [0.29, 0.717) is 31.9 Å². The van der Waals surface area contributed by atoms with Gasteiger partial charge in [0, 0.05) is 5.56 Å². The SMILES string of the molecule is CCOC(=O)C1=C(C)N=c2s/c(=C/c3ccc(O)cc3)c(=O)n2[C@H]1c1ccccc1OC(C)C. The van der Waals surface area contributed by atoms with Crippen LogP contribution >= 0.6 is 11.3 Å². The van der Waals surface area contributed by atoms with Crippen LogP contribution in [0.25, 0.3) is 6.08 Å². The first kappa shape index (κ1) is 23.5. The van der Waals surface area contributed by atoms with Crippen molar-refractivity contribution in [1.82, 2.24) is 4.57 Å². The molecule has 0 bridgehead atoms. The molecule has 0 unspecified atom stereocenters. The van der Waals surface area contributed by atoms with Crippen LogP contribution in [-0.4, -0.2) is 28.4 Å². The molecular formula is C26H26N2O5S. The van der Waals surface area contributed by atoms with Crippen LogP contribution in [0.3, 0.4) is 0 Å². The Balaban J connectivity index is 1.97. The highest BCUT2D eigenvalue weighted by atomic mass is 32.1. The summed E-state index contributed by atoms with van der Waals surface area (Å²) >= 11 is 1.25. The molecule has 0 amide bonds. The molecule has 7 nitrogen and oxygen atoms in total. The van der Waals surface area contributed by atoms with Gasteiger partial charge in [0.25, 0.3) is 5.56 Å². The average molecular weight is 479 g/mol. The molecule has 8 heteroatoms. The van der Waals surface area contributed by atoms with Crippen LogP contribution in [0, 0.1) is 0 Å². The van der Waals surface area contributed by atoms with E-state index in [9.17, 15) is 14.7 Å². The van der Waals surface area contributed by atoms with E-state index in [0.717, 1.165) is 5.56 Å². The number of fused-ring (bicyclic) bond motifs is 1. The third-order valence-corrected chi connectivity index (χ3v) is 6.27. The fourth-order valence-electron chi connectivity index (χ4n) is 3.88. The van der Waals surface area contributed by atoms with E-state index < -0.39 is 12.0 Å². The van der Waals surface area contributed by atoms with E-state index in [-0.39, 0.29) is 24.0 Å². The Hall–Kier alpha value is -3.65. The molecule has 0 spiro atoms. The fourth-order valence-corrected chi connectivity index (χ4v) is 4.92. The normalized spacial score (nSPS) is 15.8. The van der Waals surface area contributed by atoms with E-state index in [1.807, 2.05) is 38.1 Å². The number of phenols is 1. The second kappa shape index (κ2) is 9.69. The predicted molar refractivity (Wildman–Crippen MR) is 131 cm³/mol. The zero-order valence-electron chi connectivity index (χ0n) is 19.4. The Morgan fingerprint density at radius 3 is 2.59 bits per heavy atom. The quantitative estimate of drug-likeness (QED) is 0.549. The summed E-state index contributed by atoms with van der Waals surface area (Å²) in [5, 5.41) is 9.56. The van der Waals surface area contributed by atoms with Crippen molar-refractivity contribution in [2.45, 2.75) is 39.8 Å². The minimum atomic E-state index is -0.743. The summed E-state index contributed by atoms with van der Waals surface area (Å²) < 4.78 is 13.4. The van der Waals surface area contributed by atoms with Crippen molar-refractivity contribution in [1.29, 1.82) is 0 Å². The number of carbonyl (C=O) groups excluding carboxylic acids is 1. The number of allylic oxidation sites excluding steroid dienone is 1. The van der Waals surface area contributed by atoms with Gasteiger partial charge in [-0.25, -0.2) is 9.79 Å². The van der Waals surface area contributed by atoms with Gasteiger partial charge in [0.15, 0.2) is 4.80 Å². The third kappa shape index (κ3) is 4.54. The number of ether oxygens (including phenoxy) is 2. The number of aromatic nitrogens is 1. The van der Waals surface area contributed by atoms with Gasteiger partial charge in [-0.15, -0.1) is 0 Å². The molecule has 1 atom stereocenters. The standard InChI is InChI=1S/C26H26N2O5S/c1-5-32-25(31)22-16(4)27-26-28(23(22)19-8-6-7-9-20(19)33-15(2)3)24(30)21(34-26)14-17-10-12-18(29)13-11-17/h6-15,23,29H,5H2,1-4H3/b21-14+/t23-/m0/s1. The number of phenolic OH excluding ortho intramolecular Hbond substituents is 1. The highest BCUT2D eigenvalue weighted by Gasteiger charge is 2.35. The number of esters is 1.